The number of aliphatic hydroxyl groups is 1. The van der Waals surface area contributed by atoms with E-state index in [0.717, 1.165) is 55.2 Å². The summed E-state index contributed by atoms with van der Waals surface area (Å²) in [5, 5.41) is 10.6. The van der Waals surface area contributed by atoms with Gasteiger partial charge in [0.15, 0.2) is 0 Å². The highest BCUT2D eigenvalue weighted by atomic mass is 16.5. The van der Waals surface area contributed by atoms with Gasteiger partial charge in [0, 0.05) is 45.0 Å². The van der Waals surface area contributed by atoms with E-state index in [9.17, 15) is 5.11 Å². The van der Waals surface area contributed by atoms with E-state index in [4.69, 9.17) is 4.74 Å². The van der Waals surface area contributed by atoms with Crippen molar-refractivity contribution in [3.8, 4) is 5.75 Å². The fourth-order valence-electron chi connectivity index (χ4n) is 3.92. The number of hydrogen-bond acceptors (Lipinski definition) is 6. The number of anilines is 1. The molecule has 1 fully saturated rings. The average molecular weight is 381 g/mol. The Morgan fingerprint density at radius 3 is 2.82 bits per heavy atom. The number of nitrogens with zero attached hydrogens (tertiary/aromatic N) is 4. The molecule has 2 aromatic heterocycles. The van der Waals surface area contributed by atoms with Crippen molar-refractivity contribution in [2.75, 3.05) is 37.7 Å². The largest absolute Gasteiger partial charge is 0.494 e. The van der Waals surface area contributed by atoms with Gasteiger partial charge >= 0.3 is 0 Å². The van der Waals surface area contributed by atoms with Crippen LogP contribution in [-0.2, 0) is 6.54 Å². The molecule has 3 aromatic rings. The molecule has 1 atom stereocenters. The number of H-pyrrole nitrogens is 1. The van der Waals surface area contributed by atoms with Gasteiger partial charge in [-0.15, -0.1) is 0 Å². The van der Waals surface area contributed by atoms with Crippen molar-refractivity contribution < 1.29 is 9.84 Å². The zero-order valence-corrected chi connectivity index (χ0v) is 16.2. The van der Waals surface area contributed by atoms with Crippen molar-refractivity contribution in [2.24, 2.45) is 0 Å². The number of fused-ring (bicyclic) bond motifs is 1. The number of benzene rings is 1. The Morgan fingerprint density at radius 2 is 2.04 bits per heavy atom. The smallest absolute Gasteiger partial charge is 0.142 e. The second-order valence-corrected chi connectivity index (χ2v) is 7.10. The summed E-state index contributed by atoms with van der Waals surface area (Å²) in [7, 11) is 0. The minimum absolute atomic E-state index is 0.182. The van der Waals surface area contributed by atoms with Crippen molar-refractivity contribution in [1.82, 2.24) is 19.9 Å². The van der Waals surface area contributed by atoms with E-state index in [1.54, 1.807) is 6.33 Å². The van der Waals surface area contributed by atoms with Gasteiger partial charge in [0.1, 0.15) is 23.5 Å². The molecule has 0 aliphatic carbocycles. The summed E-state index contributed by atoms with van der Waals surface area (Å²) < 4.78 is 5.53. The molecule has 0 saturated carbocycles. The Labute approximate surface area is 165 Å². The number of rotatable bonds is 7. The Kier molecular flexibility index (Phi) is 5.73. The van der Waals surface area contributed by atoms with Crippen molar-refractivity contribution in [3.63, 3.8) is 0 Å². The number of aliphatic hydroxyl groups excluding tert-OH is 1. The summed E-state index contributed by atoms with van der Waals surface area (Å²) >= 11 is 0. The van der Waals surface area contributed by atoms with Gasteiger partial charge < -0.3 is 19.7 Å². The number of nitrogens with one attached hydrogen (secondary N) is 1. The van der Waals surface area contributed by atoms with Crippen molar-refractivity contribution in [2.45, 2.75) is 25.9 Å². The second-order valence-electron chi connectivity index (χ2n) is 7.10. The lowest BCUT2D eigenvalue weighted by atomic mass is 10.1. The number of aromatic nitrogens is 3. The van der Waals surface area contributed by atoms with Gasteiger partial charge in [-0.2, -0.15) is 0 Å². The third-order valence-electron chi connectivity index (χ3n) is 5.32. The van der Waals surface area contributed by atoms with Gasteiger partial charge in [-0.3, -0.25) is 4.90 Å². The van der Waals surface area contributed by atoms with Crippen LogP contribution in [0.25, 0.3) is 11.0 Å². The monoisotopic (exact) mass is 381 g/mol. The van der Waals surface area contributed by atoms with Gasteiger partial charge in [0.25, 0.3) is 0 Å². The van der Waals surface area contributed by atoms with Crippen LogP contribution >= 0.6 is 0 Å². The SMILES string of the molecule is CCOc1ccc(CN2CCN(c3ncnc4[nH]ccc34)CC2CCO)cc1. The molecule has 3 heterocycles. The first kappa shape index (κ1) is 18.7. The van der Waals surface area contributed by atoms with E-state index in [2.05, 4.69) is 36.9 Å². The van der Waals surface area contributed by atoms with Crippen LogP contribution in [0.4, 0.5) is 5.82 Å². The molecular weight excluding hydrogens is 354 g/mol. The van der Waals surface area contributed by atoms with E-state index in [1.807, 2.05) is 31.3 Å². The van der Waals surface area contributed by atoms with Gasteiger partial charge in [-0.1, -0.05) is 12.1 Å². The number of ether oxygens (including phenoxy) is 1. The Bertz CT molecular complexity index is 895. The third kappa shape index (κ3) is 3.95. The number of aromatic amines is 1. The molecule has 7 heteroatoms. The van der Waals surface area contributed by atoms with Crippen molar-refractivity contribution >= 4 is 16.9 Å². The minimum atomic E-state index is 0.182. The Hall–Kier alpha value is -2.64. The second kappa shape index (κ2) is 8.58. The van der Waals surface area contributed by atoms with Crippen LogP contribution in [0.1, 0.15) is 18.9 Å². The molecule has 1 unspecified atom stereocenters. The summed E-state index contributed by atoms with van der Waals surface area (Å²) in [6.45, 7) is 6.39. The van der Waals surface area contributed by atoms with Crippen LogP contribution in [0.2, 0.25) is 0 Å². The fraction of sp³-hybridized carbons (Fsp3) is 0.429. The molecular formula is C21H27N5O2. The first-order chi connectivity index (χ1) is 13.8. The summed E-state index contributed by atoms with van der Waals surface area (Å²) in [5.41, 5.74) is 2.12. The molecule has 7 nitrogen and oxygen atoms in total. The van der Waals surface area contributed by atoms with Crippen LogP contribution in [0.15, 0.2) is 42.9 Å². The minimum Gasteiger partial charge on any atom is -0.494 e. The molecule has 4 rings (SSSR count). The van der Waals surface area contributed by atoms with E-state index in [-0.39, 0.29) is 12.6 Å². The highest BCUT2D eigenvalue weighted by Crippen LogP contribution is 2.26. The average Bonchev–Trinajstić information content (AvgIpc) is 3.20. The van der Waals surface area contributed by atoms with Crippen LogP contribution in [0.5, 0.6) is 5.75 Å². The highest BCUT2D eigenvalue weighted by Gasteiger charge is 2.28. The molecule has 1 aliphatic heterocycles. The zero-order chi connectivity index (χ0) is 19.3. The van der Waals surface area contributed by atoms with Crippen LogP contribution < -0.4 is 9.64 Å². The Balaban J connectivity index is 1.48. The third-order valence-corrected chi connectivity index (χ3v) is 5.32. The lowest BCUT2D eigenvalue weighted by molar-refractivity contribution is 0.135. The first-order valence-corrected chi connectivity index (χ1v) is 9.88. The normalized spacial score (nSPS) is 17.9. The molecule has 0 bridgehead atoms. The van der Waals surface area contributed by atoms with E-state index in [0.29, 0.717) is 6.61 Å². The molecule has 1 saturated heterocycles. The van der Waals surface area contributed by atoms with Gasteiger partial charge in [0.05, 0.1) is 12.0 Å². The quantitative estimate of drug-likeness (QED) is 0.655. The summed E-state index contributed by atoms with van der Waals surface area (Å²) in [5.74, 6) is 1.87. The molecule has 1 aliphatic rings. The summed E-state index contributed by atoms with van der Waals surface area (Å²) in [6.07, 6.45) is 4.26. The maximum Gasteiger partial charge on any atom is 0.142 e. The number of hydrogen-bond donors (Lipinski definition) is 2. The topological polar surface area (TPSA) is 77.5 Å². The summed E-state index contributed by atoms with van der Waals surface area (Å²) in [6, 6.07) is 10.6. The predicted octanol–water partition coefficient (Wildman–Crippen LogP) is 2.43. The Morgan fingerprint density at radius 1 is 1.18 bits per heavy atom. The molecule has 0 amide bonds. The van der Waals surface area contributed by atoms with Gasteiger partial charge in [0.2, 0.25) is 0 Å². The molecule has 148 valence electrons. The molecule has 0 spiro atoms. The molecule has 28 heavy (non-hydrogen) atoms. The molecule has 2 N–H and O–H groups in total. The van der Waals surface area contributed by atoms with Crippen molar-refractivity contribution in [1.29, 1.82) is 0 Å². The van der Waals surface area contributed by atoms with E-state index < -0.39 is 0 Å². The van der Waals surface area contributed by atoms with E-state index in [1.165, 1.54) is 5.56 Å². The fourth-order valence-corrected chi connectivity index (χ4v) is 3.92. The predicted molar refractivity (Wildman–Crippen MR) is 110 cm³/mol. The van der Waals surface area contributed by atoms with Gasteiger partial charge in [-0.05, 0) is 37.1 Å². The lowest BCUT2D eigenvalue weighted by Gasteiger charge is -2.42. The maximum absolute atomic E-state index is 9.60. The summed E-state index contributed by atoms with van der Waals surface area (Å²) in [4.78, 5) is 16.7. The maximum atomic E-state index is 9.60. The standard InChI is InChI=1S/C21H27N5O2/c1-2-28-18-5-3-16(4-6-18)13-25-10-11-26(14-17(25)8-12-27)21-19-7-9-22-20(19)23-15-24-21/h3-7,9,15,17,27H,2,8,10-14H2,1H3,(H,22,23,24). The highest BCUT2D eigenvalue weighted by molar-refractivity contribution is 5.87. The van der Waals surface area contributed by atoms with E-state index >= 15 is 0 Å². The van der Waals surface area contributed by atoms with Crippen LogP contribution in [-0.4, -0.2) is 63.8 Å². The van der Waals surface area contributed by atoms with Crippen LogP contribution in [0.3, 0.4) is 0 Å². The van der Waals surface area contributed by atoms with Crippen molar-refractivity contribution in [3.05, 3.63) is 48.4 Å². The number of piperazine rings is 1. The lowest BCUT2D eigenvalue weighted by Crippen LogP contribution is -2.53. The molecule has 0 radical (unpaired) electrons. The first-order valence-electron chi connectivity index (χ1n) is 9.88. The van der Waals surface area contributed by atoms with Gasteiger partial charge in [-0.25, -0.2) is 9.97 Å². The van der Waals surface area contributed by atoms with Crippen LogP contribution in [0, 0.1) is 0 Å². The molecule has 1 aromatic carbocycles. The zero-order valence-electron chi connectivity index (χ0n) is 16.2.